The Kier molecular flexibility index (Phi) is 10.6. The topological polar surface area (TPSA) is 116 Å². The van der Waals surface area contributed by atoms with E-state index in [-0.39, 0.29) is 40.7 Å². The smallest absolute Gasteiger partial charge is 0.407 e. The Morgan fingerprint density at radius 3 is 2.28 bits per heavy atom. The molecule has 0 radical (unpaired) electrons. The first-order valence-electron chi connectivity index (χ1n) is 18.4. The SMILES string of the molecule is COc1ccc(C23CCC(CN(c4cc(-c5cnc(C(C)(C)C)s5)ccn4)C(=O)[C@H]4CC[C@H](N(CCCO)C(=O)O)CC4)(CC2)CC3)cc1C. The Morgan fingerprint density at radius 1 is 1.00 bits per heavy atom. The van der Waals surface area contributed by atoms with Crippen LogP contribution in [0.4, 0.5) is 10.6 Å². The van der Waals surface area contributed by atoms with Gasteiger partial charge >= 0.3 is 6.09 Å². The van der Waals surface area contributed by atoms with Gasteiger partial charge in [-0.1, -0.05) is 32.9 Å². The average molecular weight is 703 g/mol. The molecular formula is C40H54N4O5S. The van der Waals surface area contributed by atoms with Gasteiger partial charge in [0.15, 0.2) is 0 Å². The first-order chi connectivity index (χ1) is 23.9. The van der Waals surface area contributed by atoms with Gasteiger partial charge in [-0.15, -0.1) is 11.3 Å². The summed E-state index contributed by atoms with van der Waals surface area (Å²) in [6.07, 6.45) is 12.3. The van der Waals surface area contributed by atoms with Crippen molar-refractivity contribution in [1.29, 1.82) is 0 Å². The fourth-order valence-corrected chi connectivity index (χ4v) is 9.72. The van der Waals surface area contributed by atoms with Gasteiger partial charge in [0.1, 0.15) is 11.6 Å². The molecular weight excluding hydrogens is 649 g/mol. The number of methoxy groups -OCH3 is 1. The first kappa shape index (κ1) is 36.3. The number of ether oxygens (including phenoxy) is 1. The summed E-state index contributed by atoms with van der Waals surface area (Å²) in [6, 6.07) is 10.6. The van der Waals surface area contributed by atoms with Crippen molar-refractivity contribution in [2.45, 2.75) is 115 Å². The third kappa shape index (κ3) is 7.42. The zero-order valence-corrected chi connectivity index (χ0v) is 31.2. The van der Waals surface area contributed by atoms with E-state index >= 15 is 0 Å². The second-order valence-electron chi connectivity index (χ2n) is 16.1. The maximum absolute atomic E-state index is 14.7. The second kappa shape index (κ2) is 14.6. The lowest BCUT2D eigenvalue weighted by atomic mass is 9.51. The van der Waals surface area contributed by atoms with E-state index in [1.165, 1.54) is 16.0 Å². The summed E-state index contributed by atoms with van der Waals surface area (Å²) in [5.74, 6) is 1.54. The highest BCUT2D eigenvalue weighted by atomic mass is 32.1. The van der Waals surface area contributed by atoms with Crippen molar-refractivity contribution in [3.05, 3.63) is 58.9 Å². The summed E-state index contributed by atoms with van der Waals surface area (Å²) in [5, 5.41) is 20.2. The van der Waals surface area contributed by atoms with Crippen LogP contribution >= 0.6 is 11.3 Å². The molecule has 2 aromatic heterocycles. The molecule has 9 nitrogen and oxygen atoms in total. The molecule has 2 heterocycles. The molecule has 0 unspecified atom stereocenters. The van der Waals surface area contributed by atoms with Crippen LogP contribution in [0.5, 0.6) is 5.75 Å². The second-order valence-corrected chi connectivity index (χ2v) is 17.2. The van der Waals surface area contributed by atoms with Crippen molar-refractivity contribution in [2.24, 2.45) is 11.3 Å². The molecule has 10 heteroatoms. The largest absolute Gasteiger partial charge is 0.496 e. The number of amides is 2. The standard InChI is InChI=1S/C40H54N4O5S/c1-27-23-30(9-12-32(27)49-5)40-17-14-39(15-18-40,16-19-40)26-44(34-24-29(13-20-41-34)33-25-42-36(50-33)38(2,3)4)35(46)28-7-10-31(11-8-28)43(37(47)48)21-6-22-45/h9,12-13,20,23-25,28,31,45H,6-8,10-11,14-19,21-22,26H2,1-5H3,(H,47,48)/t28-,31-,39?,40?. The van der Waals surface area contributed by atoms with E-state index in [9.17, 15) is 19.8 Å². The van der Waals surface area contributed by atoms with Gasteiger partial charge in [0.25, 0.3) is 0 Å². The van der Waals surface area contributed by atoms with Gasteiger partial charge in [-0.25, -0.2) is 14.8 Å². The molecule has 50 heavy (non-hydrogen) atoms. The number of fused-ring (bicyclic) bond motifs is 3. The molecule has 270 valence electrons. The first-order valence-corrected chi connectivity index (χ1v) is 19.2. The van der Waals surface area contributed by atoms with Gasteiger partial charge in [-0.2, -0.15) is 0 Å². The minimum Gasteiger partial charge on any atom is -0.496 e. The van der Waals surface area contributed by atoms with Gasteiger partial charge in [-0.05, 0) is 123 Å². The maximum atomic E-state index is 14.7. The Labute approximate surface area is 301 Å². The van der Waals surface area contributed by atoms with Crippen LogP contribution in [0.15, 0.2) is 42.7 Å². The Hall–Kier alpha value is -3.50. The van der Waals surface area contributed by atoms with E-state index in [2.05, 4.69) is 52.0 Å². The van der Waals surface area contributed by atoms with Gasteiger partial charge in [0, 0.05) is 49.5 Å². The lowest BCUT2D eigenvalue weighted by molar-refractivity contribution is -0.124. The number of thiazole rings is 1. The fraction of sp³-hybridized carbons (Fsp3) is 0.600. The van der Waals surface area contributed by atoms with Crippen molar-refractivity contribution < 1.29 is 24.5 Å². The highest BCUT2D eigenvalue weighted by Crippen LogP contribution is 2.58. The highest BCUT2D eigenvalue weighted by Gasteiger charge is 2.51. The summed E-state index contributed by atoms with van der Waals surface area (Å²) in [4.78, 5) is 40.8. The number of pyridine rings is 1. The number of carboxylic acid groups (broad SMARTS) is 1. The number of anilines is 1. The number of carbonyl (C=O) groups excluding carboxylic acids is 1. The average Bonchev–Trinajstić information content (AvgIpc) is 3.63. The highest BCUT2D eigenvalue weighted by molar-refractivity contribution is 7.15. The summed E-state index contributed by atoms with van der Waals surface area (Å²) in [5.41, 5.74) is 3.76. The number of carbonyl (C=O) groups is 2. The summed E-state index contributed by atoms with van der Waals surface area (Å²) >= 11 is 1.69. The predicted octanol–water partition coefficient (Wildman–Crippen LogP) is 8.37. The molecule has 2 amide bonds. The number of aryl methyl sites for hydroxylation is 1. The van der Waals surface area contributed by atoms with E-state index in [1.54, 1.807) is 18.4 Å². The number of rotatable bonds is 11. The molecule has 4 saturated carbocycles. The van der Waals surface area contributed by atoms with E-state index < -0.39 is 6.09 Å². The van der Waals surface area contributed by atoms with E-state index in [4.69, 9.17) is 14.7 Å². The van der Waals surface area contributed by atoms with E-state index in [1.807, 2.05) is 23.4 Å². The van der Waals surface area contributed by atoms with Gasteiger partial charge in [0.2, 0.25) is 5.91 Å². The molecule has 1 aromatic carbocycles. The molecule has 7 rings (SSSR count). The van der Waals surface area contributed by atoms with E-state index in [0.29, 0.717) is 51.0 Å². The zero-order chi connectivity index (χ0) is 35.7. The minimum atomic E-state index is -0.955. The Balaban J connectivity index is 1.25. The van der Waals surface area contributed by atoms with Crippen LogP contribution in [0.1, 0.15) is 108 Å². The minimum absolute atomic E-state index is 0.0299. The summed E-state index contributed by atoms with van der Waals surface area (Å²) in [6.45, 7) is 9.55. The monoisotopic (exact) mass is 702 g/mol. The quantitative estimate of drug-likeness (QED) is 0.206. The number of hydrogen-bond donors (Lipinski definition) is 2. The van der Waals surface area contributed by atoms with Crippen molar-refractivity contribution >= 4 is 29.2 Å². The number of aromatic nitrogens is 2. The molecule has 2 bridgehead atoms. The summed E-state index contributed by atoms with van der Waals surface area (Å²) in [7, 11) is 1.73. The van der Waals surface area contributed by atoms with Crippen LogP contribution in [0.3, 0.4) is 0 Å². The lowest BCUT2D eigenvalue weighted by Gasteiger charge is -2.55. The molecule has 0 spiro atoms. The molecule has 4 aliphatic carbocycles. The number of nitrogens with zero attached hydrogens (tertiary/aromatic N) is 4. The van der Waals surface area contributed by atoms with Crippen molar-refractivity contribution in [3.8, 4) is 16.2 Å². The van der Waals surface area contributed by atoms with Gasteiger partial charge < -0.3 is 19.8 Å². The molecule has 3 aromatic rings. The van der Waals surface area contributed by atoms with Crippen LogP contribution in [0.2, 0.25) is 0 Å². The molecule has 0 atom stereocenters. The van der Waals surface area contributed by atoms with E-state index in [0.717, 1.165) is 59.7 Å². The third-order valence-electron chi connectivity index (χ3n) is 11.9. The number of hydrogen-bond acceptors (Lipinski definition) is 7. The van der Waals surface area contributed by atoms with Crippen molar-refractivity contribution in [1.82, 2.24) is 14.9 Å². The van der Waals surface area contributed by atoms with Gasteiger partial charge in [-0.3, -0.25) is 9.69 Å². The molecule has 0 saturated heterocycles. The maximum Gasteiger partial charge on any atom is 0.407 e. The van der Waals surface area contributed by atoms with Crippen molar-refractivity contribution in [3.63, 3.8) is 0 Å². The van der Waals surface area contributed by atoms with Crippen LogP contribution in [0.25, 0.3) is 10.4 Å². The van der Waals surface area contributed by atoms with Crippen LogP contribution in [-0.4, -0.2) is 69.9 Å². The zero-order valence-electron chi connectivity index (χ0n) is 30.4. The van der Waals surface area contributed by atoms with Gasteiger partial charge in [0.05, 0.1) is 17.0 Å². The number of aliphatic hydroxyl groups excluding tert-OH is 1. The lowest BCUT2D eigenvalue weighted by Crippen LogP contribution is -2.52. The Morgan fingerprint density at radius 2 is 1.70 bits per heavy atom. The number of benzene rings is 1. The Bertz CT molecular complexity index is 1650. The van der Waals surface area contributed by atoms with Crippen LogP contribution < -0.4 is 9.64 Å². The van der Waals surface area contributed by atoms with Crippen LogP contribution in [-0.2, 0) is 15.6 Å². The summed E-state index contributed by atoms with van der Waals surface area (Å²) < 4.78 is 5.55. The molecule has 4 aliphatic rings. The fourth-order valence-electron chi connectivity index (χ4n) is 8.75. The van der Waals surface area contributed by atoms with Crippen LogP contribution in [0, 0.1) is 18.3 Å². The third-order valence-corrected chi connectivity index (χ3v) is 13.4. The molecule has 2 N–H and O–H groups in total. The predicted molar refractivity (Wildman–Crippen MR) is 198 cm³/mol. The molecule has 4 fully saturated rings. The normalized spacial score (nSPS) is 24.9. The van der Waals surface area contributed by atoms with Crippen molar-refractivity contribution in [2.75, 3.05) is 31.7 Å². The molecule has 0 aliphatic heterocycles. The number of aliphatic hydroxyl groups is 1.